The van der Waals surface area contributed by atoms with Gasteiger partial charge in [-0.1, -0.05) is 21.6 Å². The number of aliphatic carboxylic acids is 1. The zero-order valence-corrected chi connectivity index (χ0v) is 9.50. The minimum atomic E-state index is -0.601. The highest BCUT2D eigenvalue weighted by molar-refractivity contribution is 8.76. The van der Waals surface area contributed by atoms with Gasteiger partial charge in [0, 0.05) is 5.75 Å². The fourth-order valence-electron chi connectivity index (χ4n) is 1.74. The van der Waals surface area contributed by atoms with E-state index in [-0.39, 0.29) is 5.92 Å². The Balaban J connectivity index is 2.18. The summed E-state index contributed by atoms with van der Waals surface area (Å²) in [4.78, 5) is 10.7. The van der Waals surface area contributed by atoms with Crippen LogP contribution in [-0.4, -0.2) is 23.1 Å². The third-order valence-corrected chi connectivity index (χ3v) is 4.58. The predicted molar refractivity (Wildman–Crippen MR) is 59.1 cm³/mol. The second-order valence-electron chi connectivity index (χ2n) is 3.51. The molecule has 4 heteroatoms. The first-order valence-electron chi connectivity index (χ1n) is 4.62. The Morgan fingerprint density at radius 3 is 2.46 bits per heavy atom. The summed E-state index contributed by atoms with van der Waals surface area (Å²) in [6.45, 7) is 0. The SMILES string of the molecule is CSSC[C@H]1CC[C@H](C(=O)O)CC1. The molecule has 0 atom stereocenters. The normalized spacial score (nSPS) is 28.7. The molecule has 1 saturated carbocycles. The van der Waals surface area contributed by atoms with Crippen molar-refractivity contribution in [3.05, 3.63) is 0 Å². The average Bonchev–Trinajstić information content (AvgIpc) is 2.15. The van der Waals surface area contributed by atoms with Crippen LogP contribution < -0.4 is 0 Å². The molecule has 1 aliphatic rings. The molecule has 0 heterocycles. The van der Waals surface area contributed by atoms with Crippen LogP contribution in [0.2, 0.25) is 0 Å². The summed E-state index contributed by atoms with van der Waals surface area (Å²) >= 11 is 0. The first kappa shape index (κ1) is 11.2. The molecule has 76 valence electrons. The smallest absolute Gasteiger partial charge is 0.306 e. The van der Waals surface area contributed by atoms with E-state index in [1.54, 1.807) is 10.8 Å². The lowest BCUT2D eigenvalue weighted by molar-refractivity contribution is -0.143. The monoisotopic (exact) mass is 220 g/mol. The molecular weight excluding hydrogens is 204 g/mol. The molecule has 13 heavy (non-hydrogen) atoms. The molecule has 0 aromatic heterocycles. The minimum Gasteiger partial charge on any atom is -0.481 e. The molecule has 0 unspecified atom stereocenters. The summed E-state index contributed by atoms with van der Waals surface area (Å²) < 4.78 is 0. The lowest BCUT2D eigenvalue weighted by Gasteiger charge is -2.25. The topological polar surface area (TPSA) is 37.3 Å². The van der Waals surface area contributed by atoms with Gasteiger partial charge in [-0.05, 0) is 37.9 Å². The van der Waals surface area contributed by atoms with E-state index in [1.165, 1.54) is 5.75 Å². The Hall–Kier alpha value is 0.170. The summed E-state index contributed by atoms with van der Waals surface area (Å²) in [5, 5.41) is 8.79. The van der Waals surface area contributed by atoms with Gasteiger partial charge in [-0.3, -0.25) is 4.79 Å². The van der Waals surface area contributed by atoms with Gasteiger partial charge >= 0.3 is 5.97 Å². The van der Waals surface area contributed by atoms with Gasteiger partial charge in [0.1, 0.15) is 0 Å². The van der Waals surface area contributed by atoms with Crippen LogP contribution in [0.15, 0.2) is 0 Å². The Labute approximate surface area is 87.3 Å². The summed E-state index contributed by atoms with van der Waals surface area (Å²) in [7, 11) is 3.70. The van der Waals surface area contributed by atoms with Crippen molar-refractivity contribution < 1.29 is 9.90 Å². The molecule has 0 amide bonds. The van der Waals surface area contributed by atoms with Gasteiger partial charge in [-0.2, -0.15) is 0 Å². The molecular formula is C9H16O2S2. The molecule has 1 N–H and O–H groups in total. The maximum Gasteiger partial charge on any atom is 0.306 e. The van der Waals surface area contributed by atoms with Crippen LogP contribution in [0.25, 0.3) is 0 Å². The second kappa shape index (κ2) is 5.81. The standard InChI is InChI=1S/C9H16O2S2/c1-12-13-6-7-2-4-8(5-3-7)9(10)11/h7-8H,2-6H2,1H3,(H,10,11)/t7-,8-. The highest BCUT2D eigenvalue weighted by atomic mass is 33.1. The molecule has 1 rings (SSSR count). The van der Waals surface area contributed by atoms with Crippen molar-refractivity contribution in [1.82, 2.24) is 0 Å². The van der Waals surface area contributed by atoms with Gasteiger partial charge < -0.3 is 5.11 Å². The first-order chi connectivity index (χ1) is 6.24. The van der Waals surface area contributed by atoms with E-state index < -0.39 is 5.97 Å². The molecule has 0 radical (unpaired) electrons. The fourth-order valence-corrected chi connectivity index (χ4v) is 3.39. The van der Waals surface area contributed by atoms with Crippen molar-refractivity contribution in [3.8, 4) is 0 Å². The summed E-state index contributed by atoms with van der Waals surface area (Å²) in [6.07, 6.45) is 6.06. The van der Waals surface area contributed by atoms with E-state index in [4.69, 9.17) is 5.11 Å². The van der Waals surface area contributed by atoms with E-state index in [0.29, 0.717) is 0 Å². The number of carbonyl (C=O) groups is 1. The maximum absolute atomic E-state index is 10.7. The lowest BCUT2D eigenvalue weighted by Crippen LogP contribution is -2.22. The van der Waals surface area contributed by atoms with E-state index in [0.717, 1.165) is 31.6 Å². The summed E-state index contributed by atoms with van der Waals surface area (Å²) in [6, 6.07) is 0. The third kappa shape index (κ3) is 3.81. The number of carboxylic acid groups (broad SMARTS) is 1. The number of hydrogen-bond donors (Lipinski definition) is 1. The molecule has 0 aromatic rings. The largest absolute Gasteiger partial charge is 0.481 e. The van der Waals surface area contributed by atoms with Gasteiger partial charge in [0.2, 0.25) is 0 Å². The van der Waals surface area contributed by atoms with Gasteiger partial charge in [-0.25, -0.2) is 0 Å². The van der Waals surface area contributed by atoms with Crippen LogP contribution in [0.4, 0.5) is 0 Å². The number of rotatable bonds is 4. The van der Waals surface area contributed by atoms with Gasteiger partial charge in [0.15, 0.2) is 0 Å². The average molecular weight is 220 g/mol. The Kier molecular flexibility index (Phi) is 5.02. The van der Waals surface area contributed by atoms with Crippen molar-refractivity contribution in [2.75, 3.05) is 12.0 Å². The van der Waals surface area contributed by atoms with Crippen LogP contribution in [0.1, 0.15) is 25.7 Å². The molecule has 2 nitrogen and oxygen atoms in total. The van der Waals surface area contributed by atoms with Gasteiger partial charge in [0.25, 0.3) is 0 Å². The van der Waals surface area contributed by atoms with Crippen molar-refractivity contribution in [3.63, 3.8) is 0 Å². The Bertz CT molecular complexity index is 165. The van der Waals surface area contributed by atoms with Crippen LogP contribution in [0.3, 0.4) is 0 Å². The number of hydrogen-bond acceptors (Lipinski definition) is 3. The fraction of sp³-hybridized carbons (Fsp3) is 0.889. The van der Waals surface area contributed by atoms with Crippen molar-refractivity contribution in [2.24, 2.45) is 11.8 Å². The summed E-state index contributed by atoms with van der Waals surface area (Å²) in [5.41, 5.74) is 0. The van der Waals surface area contributed by atoms with Crippen molar-refractivity contribution in [2.45, 2.75) is 25.7 Å². The Morgan fingerprint density at radius 2 is 2.00 bits per heavy atom. The molecule has 0 aliphatic heterocycles. The van der Waals surface area contributed by atoms with E-state index in [2.05, 4.69) is 6.26 Å². The lowest BCUT2D eigenvalue weighted by atomic mass is 9.83. The van der Waals surface area contributed by atoms with Crippen LogP contribution in [0.5, 0.6) is 0 Å². The first-order valence-corrected chi connectivity index (χ1v) is 7.35. The maximum atomic E-state index is 10.7. The van der Waals surface area contributed by atoms with Crippen LogP contribution in [-0.2, 0) is 4.79 Å². The minimum absolute atomic E-state index is 0.0597. The summed E-state index contributed by atoms with van der Waals surface area (Å²) in [5.74, 6) is 1.28. The highest BCUT2D eigenvalue weighted by Crippen LogP contribution is 2.33. The molecule has 0 bridgehead atoms. The molecule has 0 spiro atoms. The zero-order valence-electron chi connectivity index (χ0n) is 7.86. The van der Waals surface area contributed by atoms with E-state index >= 15 is 0 Å². The van der Waals surface area contributed by atoms with Crippen molar-refractivity contribution >= 4 is 27.6 Å². The van der Waals surface area contributed by atoms with Crippen LogP contribution in [0, 0.1) is 11.8 Å². The Morgan fingerprint density at radius 1 is 1.38 bits per heavy atom. The zero-order chi connectivity index (χ0) is 9.68. The molecule has 1 aliphatic carbocycles. The second-order valence-corrected chi connectivity index (χ2v) is 6.12. The molecule has 1 fully saturated rings. The third-order valence-electron chi connectivity index (χ3n) is 2.62. The van der Waals surface area contributed by atoms with Crippen molar-refractivity contribution in [1.29, 1.82) is 0 Å². The van der Waals surface area contributed by atoms with E-state index in [1.807, 2.05) is 10.8 Å². The molecule has 0 saturated heterocycles. The number of carboxylic acids is 1. The van der Waals surface area contributed by atoms with Gasteiger partial charge in [0.05, 0.1) is 5.92 Å². The van der Waals surface area contributed by atoms with E-state index in [9.17, 15) is 4.79 Å². The molecule has 0 aromatic carbocycles. The highest BCUT2D eigenvalue weighted by Gasteiger charge is 2.25. The van der Waals surface area contributed by atoms with Crippen LogP contribution >= 0.6 is 21.6 Å². The quantitative estimate of drug-likeness (QED) is 0.739. The predicted octanol–water partition coefficient (Wildman–Crippen LogP) is 2.89. The van der Waals surface area contributed by atoms with Gasteiger partial charge in [-0.15, -0.1) is 0 Å².